The third kappa shape index (κ3) is 2.57. The molecule has 1 aromatic carbocycles. The van der Waals surface area contributed by atoms with Gasteiger partial charge in [-0.1, -0.05) is 6.07 Å². The lowest BCUT2D eigenvalue weighted by Gasteiger charge is -2.13. The van der Waals surface area contributed by atoms with Gasteiger partial charge in [-0.15, -0.1) is 0 Å². The second kappa shape index (κ2) is 5.27. The molecule has 0 spiro atoms. The molecule has 0 saturated heterocycles. The standard InChI is InChI=1S/C15H17FN2/c1-10-8-13(6-7-18-10)14-9-12(11(2)17-3)4-5-15(14)16/h4-9,11,17H,1-3H3. The van der Waals surface area contributed by atoms with Crippen molar-refractivity contribution in [3.05, 3.63) is 53.6 Å². The minimum atomic E-state index is -0.201. The highest BCUT2D eigenvalue weighted by Gasteiger charge is 2.09. The van der Waals surface area contributed by atoms with Gasteiger partial charge in [0, 0.05) is 23.5 Å². The SMILES string of the molecule is CNC(C)c1ccc(F)c(-c2ccnc(C)c2)c1. The van der Waals surface area contributed by atoms with Crippen LogP contribution in [0, 0.1) is 12.7 Å². The van der Waals surface area contributed by atoms with Crippen LogP contribution in [0.1, 0.15) is 24.2 Å². The van der Waals surface area contributed by atoms with E-state index in [1.54, 1.807) is 6.20 Å². The molecule has 94 valence electrons. The smallest absolute Gasteiger partial charge is 0.131 e. The zero-order valence-corrected chi connectivity index (χ0v) is 10.9. The Balaban J connectivity index is 2.49. The third-order valence-corrected chi connectivity index (χ3v) is 3.13. The zero-order valence-electron chi connectivity index (χ0n) is 10.9. The van der Waals surface area contributed by atoms with Crippen molar-refractivity contribution in [3.63, 3.8) is 0 Å². The molecular weight excluding hydrogens is 227 g/mol. The predicted molar refractivity (Wildman–Crippen MR) is 71.8 cm³/mol. The second-order valence-electron chi connectivity index (χ2n) is 4.44. The van der Waals surface area contributed by atoms with Crippen molar-refractivity contribution in [1.29, 1.82) is 0 Å². The lowest BCUT2D eigenvalue weighted by molar-refractivity contribution is 0.622. The molecule has 0 saturated carbocycles. The lowest BCUT2D eigenvalue weighted by Crippen LogP contribution is -2.12. The summed E-state index contributed by atoms with van der Waals surface area (Å²) in [6.07, 6.45) is 1.71. The van der Waals surface area contributed by atoms with Gasteiger partial charge in [-0.2, -0.15) is 0 Å². The monoisotopic (exact) mass is 244 g/mol. The van der Waals surface area contributed by atoms with Crippen LogP contribution in [0.4, 0.5) is 4.39 Å². The van der Waals surface area contributed by atoms with Crippen molar-refractivity contribution in [2.75, 3.05) is 7.05 Å². The van der Waals surface area contributed by atoms with E-state index in [-0.39, 0.29) is 11.9 Å². The molecule has 0 aliphatic heterocycles. The molecule has 3 heteroatoms. The third-order valence-electron chi connectivity index (χ3n) is 3.13. The van der Waals surface area contributed by atoms with Gasteiger partial charge in [0.25, 0.3) is 0 Å². The normalized spacial score (nSPS) is 12.4. The average Bonchev–Trinajstić information content (AvgIpc) is 2.38. The molecule has 0 aliphatic rings. The number of rotatable bonds is 3. The summed E-state index contributed by atoms with van der Waals surface area (Å²) in [5.74, 6) is -0.201. The summed E-state index contributed by atoms with van der Waals surface area (Å²) in [4.78, 5) is 4.13. The molecule has 2 rings (SSSR count). The summed E-state index contributed by atoms with van der Waals surface area (Å²) in [5.41, 5.74) is 3.45. The van der Waals surface area contributed by atoms with E-state index in [1.165, 1.54) is 6.07 Å². The molecule has 18 heavy (non-hydrogen) atoms. The van der Waals surface area contributed by atoms with Crippen molar-refractivity contribution >= 4 is 0 Å². The number of hydrogen-bond donors (Lipinski definition) is 1. The van der Waals surface area contributed by atoms with Crippen LogP contribution in [0.15, 0.2) is 36.5 Å². The molecular formula is C15H17FN2. The van der Waals surface area contributed by atoms with Crippen LogP contribution in [-0.4, -0.2) is 12.0 Å². The fourth-order valence-electron chi connectivity index (χ4n) is 1.91. The first-order valence-corrected chi connectivity index (χ1v) is 6.01. The topological polar surface area (TPSA) is 24.9 Å². The maximum absolute atomic E-state index is 13.9. The Hall–Kier alpha value is -1.74. The van der Waals surface area contributed by atoms with E-state index in [2.05, 4.69) is 17.2 Å². The van der Waals surface area contributed by atoms with Crippen molar-refractivity contribution in [2.45, 2.75) is 19.9 Å². The summed E-state index contributed by atoms with van der Waals surface area (Å²) < 4.78 is 13.9. The number of nitrogens with one attached hydrogen (secondary N) is 1. The second-order valence-corrected chi connectivity index (χ2v) is 4.44. The Morgan fingerprint density at radius 2 is 2.00 bits per heavy atom. The number of benzene rings is 1. The van der Waals surface area contributed by atoms with E-state index in [0.29, 0.717) is 5.56 Å². The van der Waals surface area contributed by atoms with Gasteiger partial charge in [0.2, 0.25) is 0 Å². The summed E-state index contributed by atoms with van der Waals surface area (Å²) in [7, 11) is 1.89. The van der Waals surface area contributed by atoms with Gasteiger partial charge in [-0.3, -0.25) is 4.98 Å². The van der Waals surface area contributed by atoms with E-state index in [9.17, 15) is 4.39 Å². The van der Waals surface area contributed by atoms with E-state index >= 15 is 0 Å². The van der Waals surface area contributed by atoms with Gasteiger partial charge in [0.15, 0.2) is 0 Å². The fraction of sp³-hybridized carbons (Fsp3) is 0.267. The van der Waals surface area contributed by atoms with Gasteiger partial charge < -0.3 is 5.32 Å². The number of hydrogen-bond acceptors (Lipinski definition) is 2. The predicted octanol–water partition coefficient (Wildman–Crippen LogP) is 3.48. The molecule has 0 bridgehead atoms. The Morgan fingerprint density at radius 1 is 1.22 bits per heavy atom. The highest BCUT2D eigenvalue weighted by atomic mass is 19.1. The van der Waals surface area contributed by atoms with Crippen LogP contribution in [0.25, 0.3) is 11.1 Å². The van der Waals surface area contributed by atoms with Gasteiger partial charge in [0.1, 0.15) is 5.82 Å². The van der Waals surface area contributed by atoms with Crippen LogP contribution in [0.3, 0.4) is 0 Å². The number of aromatic nitrogens is 1. The molecule has 2 aromatic rings. The Bertz CT molecular complexity index is 552. The summed E-state index contributed by atoms with van der Waals surface area (Å²) in [6, 6.07) is 9.16. The van der Waals surface area contributed by atoms with Gasteiger partial charge in [0.05, 0.1) is 0 Å². The summed E-state index contributed by atoms with van der Waals surface area (Å²) >= 11 is 0. The Labute approximate surface area is 107 Å². The molecule has 1 N–H and O–H groups in total. The van der Waals surface area contributed by atoms with Crippen LogP contribution < -0.4 is 5.32 Å². The van der Waals surface area contributed by atoms with E-state index in [1.807, 2.05) is 38.2 Å². The van der Waals surface area contributed by atoms with Gasteiger partial charge in [-0.05, 0) is 56.3 Å². The van der Waals surface area contributed by atoms with E-state index in [4.69, 9.17) is 0 Å². The molecule has 0 fully saturated rings. The summed E-state index contributed by atoms with van der Waals surface area (Å²) in [6.45, 7) is 3.95. The maximum atomic E-state index is 13.9. The summed E-state index contributed by atoms with van der Waals surface area (Å²) in [5, 5.41) is 3.16. The van der Waals surface area contributed by atoms with Crippen LogP contribution in [0.2, 0.25) is 0 Å². The van der Waals surface area contributed by atoms with Crippen molar-refractivity contribution < 1.29 is 4.39 Å². The Kier molecular flexibility index (Phi) is 3.72. The first kappa shape index (κ1) is 12.7. The van der Waals surface area contributed by atoms with Crippen molar-refractivity contribution in [3.8, 4) is 11.1 Å². The molecule has 1 heterocycles. The van der Waals surface area contributed by atoms with Crippen LogP contribution in [0.5, 0.6) is 0 Å². The minimum Gasteiger partial charge on any atom is -0.313 e. The largest absolute Gasteiger partial charge is 0.313 e. The van der Waals surface area contributed by atoms with Crippen LogP contribution >= 0.6 is 0 Å². The number of halogens is 1. The number of pyridine rings is 1. The first-order chi connectivity index (χ1) is 8.61. The van der Waals surface area contributed by atoms with E-state index in [0.717, 1.165) is 16.8 Å². The average molecular weight is 244 g/mol. The van der Waals surface area contributed by atoms with Crippen molar-refractivity contribution in [1.82, 2.24) is 10.3 Å². The van der Waals surface area contributed by atoms with E-state index < -0.39 is 0 Å². The fourth-order valence-corrected chi connectivity index (χ4v) is 1.91. The molecule has 2 nitrogen and oxygen atoms in total. The molecule has 0 radical (unpaired) electrons. The van der Waals surface area contributed by atoms with Gasteiger partial charge >= 0.3 is 0 Å². The van der Waals surface area contributed by atoms with Gasteiger partial charge in [-0.25, -0.2) is 4.39 Å². The molecule has 0 amide bonds. The molecule has 1 aromatic heterocycles. The first-order valence-electron chi connectivity index (χ1n) is 6.01. The number of aryl methyl sites for hydroxylation is 1. The maximum Gasteiger partial charge on any atom is 0.131 e. The highest BCUT2D eigenvalue weighted by molar-refractivity contribution is 5.65. The lowest BCUT2D eigenvalue weighted by atomic mass is 10.00. The quantitative estimate of drug-likeness (QED) is 0.894. The number of nitrogens with zero attached hydrogens (tertiary/aromatic N) is 1. The van der Waals surface area contributed by atoms with Crippen molar-refractivity contribution in [2.24, 2.45) is 0 Å². The zero-order chi connectivity index (χ0) is 13.1. The molecule has 0 aliphatic carbocycles. The highest BCUT2D eigenvalue weighted by Crippen LogP contribution is 2.26. The Morgan fingerprint density at radius 3 is 2.67 bits per heavy atom. The minimum absolute atomic E-state index is 0.201. The van der Waals surface area contributed by atoms with Crippen LogP contribution in [-0.2, 0) is 0 Å². The molecule has 1 unspecified atom stereocenters. The molecule has 1 atom stereocenters.